The molecule has 0 aromatic heterocycles. The molecule has 0 saturated carbocycles. The SMILES string of the molecule is COc1cc(C=C2C(=N)N3N=C(c4ccccc4)SC3=NC2=O)ccc1OC(=O)c1cccc(C)c1. The highest BCUT2D eigenvalue weighted by atomic mass is 32.2. The van der Waals surface area contributed by atoms with Gasteiger partial charge in [0.25, 0.3) is 5.91 Å². The highest BCUT2D eigenvalue weighted by molar-refractivity contribution is 8.27. The van der Waals surface area contributed by atoms with E-state index in [4.69, 9.17) is 14.9 Å². The predicted octanol–water partition coefficient (Wildman–Crippen LogP) is 4.89. The van der Waals surface area contributed by atoms with Crippen LogP contribution in [-0.2, 0) is 4.79 Å². The molecule has 0 atom stereocenters. The highest BCUT2D eigenvalue weighted by Gasteiger charge is 2.36. The number of hydrazone groups is 1. The molecule has 1 N–H and O–H groups in total. The zero-order valence-electron chi connectivity index (χ0n) is 19.4. The van der Waals surface area contributed by atoms with Gasteiger partial charge in [0, 0.05) is 5.56 Å². The fourth-order valence-corrected chi connectivity index (χ4v) is 4.54. The van der Waals surface area contributed by atoms with Crippen LogP contribution < -0.4 is 9.47 Å². The lowest BCUT2D eigenvalue weighted by Crippen LogP contribution is -2.35. The van der Waals surface area contributed by atoms with Crippen LogP contribution in [0, 0.1) is 12.3 Å². The number of esters is 1. The van der Waals surface area contributed by atoms with Gasteiger partial charge in [-0.2, -0.15) is 15.1 Å². The maximum absolute atomic E-state index is 12.8. The van der Waals surface area contributed by atoms with Crippen molar-refractivity contribution in [2.24, 2.45) is 10.1 Å². The summed E-state index contributed by atoms with van der Waals surface area (Å²) in [4.78, 5) is 29.4. The molecule has 0 saturated heterocycles. The molecule has 0 unspecified atom stereocenters. The Bertz CT molecular complexity index is 1490. The van der Waals surface area contributed by atoms with E-state index in [1.807, 2.05) is 43.3 Å². The van der Waals surface area contributed by atoms with Crippen LogP contribution in [0.3, 0.4) is 0 Å². The van der Waals surface area contributed by atoms with Gasteiger partial charge in [0.05, 0.1) is 18.2 Å². The number of aryl methyl sites for hydroxylation is 1. The average Bonchev–Trinajstić information content (AvgIpc) is 3.32. The fraction of sp³-hybridized carbons (Fsp3) is 0.0741. The molecule has 36 heavy (non-hydrogen) atoms. The lowest BCUT2D eigenvalue weighted by molar-refractivity contribution is -0.114. The molecule has 0 radical (unpaired) electrons. The smallest absolute Gasteiger partial charge is 0.343 e. The van der Waals surface area contributed by atoms with Crippen LogP contribution in [0.2, 0.25) is 0 Å². The molecule has 0 spiro atoms. The topological polar surface area (TPSA) is 104 Å². The molecule has 2 aliphatic rings. The summed E-state index contributed by atoms with van der Waals surface area (Å²) in [6.45, 7) is 1.89. The number of carbonyl (C=O) groups is 2. The monoisotopic (exact) mass is 496 g/mol. The molecule has 2 heterocycles. The number of hydrogen-bond acceptors (Lipinski definition) is 7. The Labute approximate surface area is 211 Å². The van der Waals surface area contributed by atoms with Crippen LogP contribution in [-0.4, -0.2) is 40.0 Å². The summed E-state index contributed by atoms with van der Waals surface area (Å²) in [5, 5.41) is 15.4. The maximum Gasteiger partial charge on any atom is 0.343 e. The first kappa shape index (κ1) is 23.3. The van der Waals surface area contributed by atoms with Gasteiger partial charge in [0.15, 0.2) is 17.3 Å². The largest absolute Gasteiger partial charge is 0.493 e. The first-order valence-corrected chi connectivity index (χ1v) is 11.8. The van der Waals surface area contributed by atoms with Crippen molar-refractivity contribution in [2.75, 3.05) is 7.11 Å². The summed E-state index contributed by atoms with van der Waals surface area (Å²) in [5.41, 5.74) is 2.92. The molecule has 1 amide bonds. The van der Waals surface area contributed by atoms with Crippen LogP contribution >= 0.6 is 11.8 Å². The molecule has 0 fully saturated rings. The lowest BCUT2D eigenvalue weighted by Gasteiger charge is -2.20. The van der Waals surface area contributed by atoms with E-state index >= 15 is 0 Å². The van der Waals surface area contributed by atoms with Crippen LogP contribution in [0.1, 0.15) is 27.0 Å². The molecule has 2 aliphatic heterocycles. The van der Waals surface area contributed by atoms with E-state index in [-0.39, 0.29) is 17.2 Å². The number of nitrogens with one attached hydrogen (secondary N) is 1. The summed E-state index contributed by atoms with van der Waals surface area (Å²) in [6.07, 6.45) is 1.54. The molecular formula is C27H20N4O4S. The second kappa shape index (κ2) is 9.63. The summed E-state index contributed by atoms with van der Waals surface area (Å²) >= 11 is 1.24. The van der Waals surface area contributed by atoms with E-state index in [2.05, 4.69) is 10.1 Å². The lowest BCUT2D eigenvalue weighted by atomic mass is 10.1. The predicted molar refractivity (Wildman–Crippen MR) is 140 cm³/mol. The zero-order valence-corrected chi connectivity index (χ0v) is 20.2. The molecular weight excluding hydrogens is 476 g/mol. The van der Waals surface area contributed by atoms with Crippen molar-refractivity contribution in [1.82, 2.24) is 5.01 Å². The minimum Gasteiger partial charge on any atom is -0.493 e. The van der Waals surface area contributed by atoms with Gasteiger partial charge in [-0.15, -0.1) is 0 Å². The van der Waals surface area contributed by atoms with Gasteiger partial charge in [-0.1, -0.05) is 54.1 Å². The minimum absolute atomic E-state index is 0.0719. The second-order valence-electron chi connectivity index (χ2n) is 7.96. The molecule has 0 aliphatic carbocycles. The van der Waals surface area contributed by atoms with Crippen molar-refractivity contribution in [1.29, 1.82) is 5.41 Å². The van der Waals surface area contributed by atoms with Crippen molar-refractivity contribution < 1.29 is 19.1 Å². The van der Waals surface area contributed by atoms with Gasteiger partial charge in [-0.3, -0.25) is 10.2 Å². The van der Waals surface area contributed by atoms with Crippen LogP contribution in [0.15, 0.2) is 88.5 Å². The van der Waals surface area contributed by atoms with E-state index in [1.165, 1.54) is 23.9 Å². The quantitative estimate of drug-likeness (QED) is 0.306. The van der Waals surface area contributed by atoms with E-state index in [0.717, 1.165) is 11.1 Å². The van der Waals surface area contributed by atoms with E-state index in [1.54, 1.807) is 42.5 Å². The fourth-order valence-electron chi connectivity index (χ4n) is 3.65. The number of rotatable bonds is 5. The van der Waals surface area contributed by atoms with E-state index < -0.39 is 11.9 Å². The number of benzene rings is 3. The van der Waals surface area contributed by atoms with Crippen molar-refractivity contribution in [3.05, 3.63) is 101 Å². The Morgan fingerprint density at radius 3 is 2.58 bits per heavy atom. The summed E-state index contributed by atoms with van der Waals surface area (Å²) in [6, 6.07) is 21.5. The van der Waals surface area contributed by atoms with Gasteiger partial charge < -0.3 is 9.47 Å². The first-order chi connectivity index (χ1) is 17.4. The number of thioether (sulfide) groups is 1. The number of aliphatic imine (C=N–C) groups is 1. The molecule has 178 valence electrons. The van der Waals surface area contributed by atoms with Gasteiger partial charge in [0.1, 0.15) is 5.04 Å². The highest BCUT2D eigenvalue weighted by Crippen LogP contribution is 2.33. The third kappa shape index (κ3) is 4.56. The maximum atomic E-state index is 12.8. The number of nitrogens with zero attached hydrogens (tertiary/aromatic N) is 3. The normalized spacial score (nSPS) is 15.9. The number of hydrogen-bond donors (Lipinski definition) is 1. The van der Waals surface area contributed by atoms with Crippen LogP contribution in [0.4, 0.5) is 0 Å². The number of amides is 1. The van der Waals surface area contributed by atoms with Gasteiger partial charge in [0.2, 0.25) is 5.17 Å². The molecule has 3 aromatic rings. The van der Waals surface area contributed by atoms with Gasteiger partial charge in [-0.05, 0) is 54.6 Å². The molecule has 9 heteroatoms. The zero-order chi connectivity index (χ0) is 25.2. The van der Waals surface area contributed by atoms with Crippen LogP contribution in [0.5, 0.6) is 11.5 Å². The van der Waals surface area contributed by atoms with Crippen molar-refractivity contribution in [3.8, 4) is 11.5 Å². The number of carbonyl (C=O) groups excluding carboxylic acids is 2. The Morgan fingerprint density at radius 1 is 1.03 bits per heavy atom. The Hall–Kier alpha value is -4.50. The van der Waals surface area contributed by atoms with Gasteiger partial charge >= 0.3 is 5.97 Å². The Kier molecular flexibility index (Phi) is 6.22. The first-order valence-electron chi connectivity index (χ1n) is 11.0. The molecule has 5 rings (SSSR count). The molecule has 3 aromatic carbocycles. The number of methoxy groups -OCH3 is 1. The Morgan fingerprint density at radius 2 is 1.83 bits per heavy atom. The van der Waals surface area contributed by atoms with Crippen molar-refractivity contribution in [2.45, 2.75) is 6.92 Å². The van der Waals surface area contributed by atoms with E-state index in [9.17, 15) is 9.59 Å². The van der Waals surface area contributed by atoms with E-state index in [0.29, 0.717) is 27.1 Å². The second-order valence-corrected chi connectivity index (χ2v) is 8.92. The summed E-state index contributed by atoms with van der Waals surface area (Å²) < 4.78 is 10.9. The summed E-state index contributed by atoms with van der Waals surface area (Å²) in [5.74, 6) is -0.558. The Balaban J connectivity index is 1.40. The summed E-state index contributed by atoms with van der Waals surface area (Å²) in [7, 11) is 1.46. The minimum atomic E-state index is -0.530. The standard InChI is InChI=1S/C27H20N4O4S/c1-16-7-6-10-19(13-16)26(33)35-21-12-11-17(15-22(21)34-2)14-20-23(28)31-27(29-24(20)32)36-25(30-31)18-8-4-3-5-9-18/h3-15,28H,1-2H3. The van der Waals surface area contributed by atoms with Crippen molar-refractivity contribution >= 4 is 45.8 Å². The van der Waals surface area contributed by atoms with Crippen molar-refractivity contribution in [3.63, 3.8) is 0 Å². The molecule has 0 bridgehead atoms. The average molecular weight is 497 g/mol. The number of ether oxygens (including phenoxy) is 2. The third-order valence-corrected chi connectivity index (χ3v) is 6.39. The number of amidine groups is 2. The molecule has 8 nitrogen and oxygen atoms in total. The van der Waals surface area contributed by atoms with Gasteiger partial charge in [-0.25, -0.2) is 4.79 Å². The number of fused-ring (bicyclic) bond motifs is 1. The van der Waals surface area contributed by atoms with Crippen LogP contribution in [0.25, 0.3) is 6.08 Å². The third-order valence-electron chi connectivity index (χ3n) is 5.43.